The monoisotopic (exact) mass is 409 g/mol. The van der Waals surface area contributed by atoms with Crippen LogP contribution in [-0.4, -0.2) is 34.3 Å². The highest BCUT2D eigenvalue weighted by Crippen LogP contribution is 2.32. The number of hydrogen-bond donors (Lipinski definition) is 2. The van der Waals surface area contributed by atoms with E-state index in [2.05, 4.69) is 9.98 Å². The zero-order chi connectivity index (χ0) is 21.1. The van der Waals surface area contributed by atoms with Crippen molar-refractivity contribution in [2.75, 3.05) is 13.4 Å². The van der Waals surface area contributed by atoms with Gasteiger partial charge in [0.05, 0.1) is 18.8 Å². The van der Waals surface area contributed by atoms with E-state index in [-0.39, 0.29) is 18.9 Å². The second-order valence-corrected chi connectivity index (χ2v) is 6.42. The largest absolute Gasteiger partial charge is 0.494 e. The normalized spacial score (nSPS) is 12.4. The summed E-state index contributed by atoms with van der Waals surface area (Å²) in [7, 11) is 0. The van der Waals surface area contributed by atoms with Crippen LogP contribution in [0.15, 0.2) is 57.0 Å². The summed E-state index contributed by atoms with van der Waals surface area (Å²) in [5.74, 6) is 1.43. The van der Waals surface area contributed by atoms with Crippen LogP contribution in [0.4, 0.5) is 0 Å². The lowest BCUT2D eigenvalue weighted by molar-refractivity contribution is 0.174. The summed E-state index contributed by atoms with van der Waals surface area (Å²) in [6.45, 7) is 2.80. The van der Waals surface area contributed by atoms with E-state index in [1.165, 1.54) is 6.21 Å². The van der Waals surface area contributed by atoms with Gasteiger partial charge in [0, 0.05) is 6.21 Å². The minimum atomic E-state index is -0.755. The fourth-order valence-corrected chi connectivity index (χ4v) is 3.03. The summed E-state index contributed by atoms with van der Waals surface area (Å²) in [5, 5.41) is 10.6. The van der Waals surface area contributed by atoms with Crippen LogP contribution < -0.4 is 25.5 Å². The molecule has 0 atom stereocenters. The Morgan fingerprint density at radius 2 is 1.93 bits per heavy atom. The van der Waals surface area contributed by atoms with Crippen molar-refractivity contribution in [3.8, 4) is 28.8 Å². The van der Waals surface area contributed by atoms with Gasteiger partial charge in [-0.1, -0.05) is 6.07 Å². The van der Waals surface area contributed by atoms with Gasteiger partial charge in [0.25, 0.3) is 5.56 Å². The predicted molar refractivity (Wildman–Crippen MR) is 109 cm³/mol. The summed E-state index contributed by atoms with van der Waals surface area (Å²) in [4.78, 5) is 30.9. The molecule has 1 aliphatic rings. The highest BCUT2D eigenvalue weighted by atomic mass is 16.7. The maximum Gasteiger partial charge on any atom is 0.335 e. The third-order valence-electron chi connectivity index (χ3n) is 4.46. The van der Waals surface area contributed by atoms with Crippen molar-refractivity contribution in [1.82, 2.24) is 9.55 Å². The quantitative estimate of drug-likeness (QED) is 0.602. The van der Waals surface area contributed by atoms with Crippen LogP contribution in [0.3, 0.4) is 0 Å². The minimum Gasteiger partial charge on any atom is -0.494 e. The molecule has 9 nitrogen and oxygen atoms in total. The summed E-state index contributed by atoms with van der Waals surface area (Å²) < 4.78 is 17.0. The van der Waals surface area contributed by atoms with Gasteiger partial charge in [-0.3, -0.25) is 14.8 Å². The van der Waals surface area contributed by atoms with Crippen molar-refractivity contribution in [2.24, 2.45) is 4.99 Å². The van der Waals surface area contributed by atoms with Crippen molar-refractivity contribution in [1.29, 1.82) is 0 Å². The first-order chi connectivity index (χ1) is 14.6. The Labute approximate surface area is 170 Å². The third-order valence-corrected chi connectivity index (χ3v) is 4.46. The number of aromatic amines is 1. The van der Waals surface area contributed by atoms with Crippen molar-refractivity contribution >= 4 is 6.21 Å². The summed E-state index contributed by atoms with van der Waals surface area (Å²) >= 11 is 0. The van der Waals surface area contributed by atoms with Gasteiger partial charge in [0.15, 0.2) is 11.5 Å². The van der Waals surface area contributed by atoms with Gasteiger partial charge in [-0.05, 0) is 48.9 Å². The number of benzene rings is 2. The average molecular weight is 409 g/mol. The molecule has 1 aromatic heterocycles. The summed E-state index contributed by atoms with van der Waals surface area (Å²) in [6, 6.07) is 12.0. The lowest BCUT2D eigenvalue weighted by atomic mass is 10.2. The van der Waals surface area contributed by atoms with Crippen molar-refractivity contribution < 1.29 is 19.3 Å². The van der Waals surface area contributed by atoms with Crippen molar-refractivity contribution in [2.45, 2.75) is 13.5 Å². The number of ether oxygens (including phenoxy) is 3. The minimum absolute atomic E-state index is 0.121. The summed E-state index contributed by atoms with van der Waals surface area (Å²) in [5.41, 5.74) is -0.387. The zero-order valence-corrected chi connectivity index (χ0v) is 16.1. The first-order valence-corrected chi connectivity index (χ1v) is 9.26. The molecule has 2 N–H and O–H groups in total. The molecule has 154 valence electrons. The number of fused-ring (bicyclic) bond motifs is 1. The molecule has 0 aliphatic carbocycles. The van der Waals surface area contributed by atoms with E-state index < -0.39 is 17.1 Å². The number of H-pyrrole nitrogens is 1. The van der Waals surface area contributed by atoms with E-state index in [0.29, 0.717) is 29.5 Å². The fourth-order valence-electron chi connectivity index (χ4n) is 3.03. The number of aromatic hydroxyl groups is 1. The van der Waals surface area contributed by atoms with Crippen LogP contribution in [-0.2, 0) is 6.54 Å². The van der Waals surface area contributed by atoms with E-state index in [4.69, 9.17) is 14.2 Å². The molecule has 1 aliphatic heterocycles. The number of rotatable bonds is 6. The Hall–Kier alpha value is -4.01. The molecule has 0 saturated heterocycles. The van der Waals surface area contributed by atoms with Crippen LogP contribution in [0.1, 0.15) is 18.1 Å². The second-order valence-electron chi connectivity index (χ2n) is 6.42. The van der Waals surface area contributed by atoms with E-state index >= 15 is 0 Å². The molecular formula is C21H19N3O6. The molecule has 30 heavy (non-hydrogen) atoms. The molecular weight excluding hydrogens is 390 g/mol. The Bertz CT molecular complexity index is 1210. The van der Waals surface area contributed by atoms with Crippen molar-refractivity contribution in [3.05, 3.63) is 74.4 Å². The Morgan fingerprint density at radius 3 is 2.70 bits per heavy atom. The van der Waals surface area contributed by atoms with Crippen LogP contribution >= 0.6 is 0 Å². The van der Waals surface area contributed by atoms with Gasteiger partial charge in [-0.2, -0.15) is 0 Å². The molecule has 2 aromatic carbocycles. The topological polar surface area (TPSA) is 115 Å². The van der Waals surface area contributed by atoms with Gasteiger partial charge in [-0.25, -0.2) is 9.36 Å². The smallest absolute Gasteiger partial charge is 0.335 e. The molecule has 0 fully saturated rings. The van der Waals surface area contributed by atoms with E-state index in [1.54, 1.807) is 36.4 Å². The maximum atomic E-state index is 12.3. The van der Waals surface area contributed by atoms with Crippen molar-refractivity contribution in [3.63, 3.8) is 0 Å². The third kappa shape index (κ3) is 3.77. The zero-order valence-electron chi connectivity index (χ0n) is 16.1. The SMILES string of the molecule is CCOc1ccc(-n2c(O)c(C=NCc3ccc4c(c3)OCO4)c(=O)[nH]c2=O)cc1. The standard InChI is InChI=1S/C21H19N3O6/c1-2-28-15-6-4-14(5-7-15)24-20(26)16(19(25)23-21(24)27)11-22-10-13-3-8-17-18(9-13)30-12-29-17/h3-9,11,26H,2,10,12H2,1H3,(H,23,25,27). The first-order valence-electron chi connectivity index (χ1n) is 9.26. The van der Waals surface area contributed by atoms with Gasteiger partial charge in [0.1, 0.15) is 11.3 Å². The molecule has 0 radical (unpaired) electrons. The maximum absolute atomic E-state index is 12.3. The molecule has 0 spiro atoms. The lowest BCUT2D eigenvalue weighted by Gasteiger charge is -2.10. The fraction of sp³-hybridized carbons (Fsp3) is 0.190. The predicted octanol–water partition coefficient (Wildman–Crippen LogP) is 1.98. The first kappa shape index (κ1) is 19.3. The Morgan fingerprint density at radius 1 is 1.17 bits per heavy atom. The van der Waals surface area contributed by atoms with E-state index in [1.807, 2.05) is 13.0 Å². The number of aromatic nitrogens is 2. The number of nitrogens with one attached hydrogen (secondary N) is 1. The summed E-state index contributed by atoms with van der Waals surface area (Å²) in [6.07, 6.45) is 1.24. The van der Waals surface area contributed by atoms with Gasteiger partial charge >= 0.3 is 5.69 Å². The van der Waals surface area contributed by atoms with Crippen LogP contribution in [0, 0.1) is 0 Å². The van der Waals surface area contributed by atoms with E-state index in [0.717, 1.165) is 10.1 Å². The highest BCUT2D eigenvalue weighted by molar-refractivity contribution is 5.82. The van der Waals surface area contributed by atoms with Crippen LogP contribution in [0.2, 0.25) is 0 Å². The van der Waals surface area contributed by atoms with Gasteiger partial charge in [-0.15, -0.1) is 0 Å². The number of hydrogen-bond acceptors (Lipinski definition) is 7. The highest BCUT2D eigenvalue weighted by Gasteiger charge is 2.15. The molecule has 0 unspecified atom stereocenters. The second kappa shape index (κ2) is 8.16. The number of aliphatic imine (C=N–C) groups is 1. The van der Waals surface area contributed by atoms with Crippen LogP contribution in [0.25, 0.3) is 5.69 Å². The molecule has 3 aromatic rings. The Kier molecular flexibility index (Phi) is 5.25. The van der Waals surface area contributed by atoms with E-state index in [9.17, 15) is 14.7 Å². The molecule has 0 bridgehead atoms. The van der Waals surface area contributed by atoms with Crippen LogP contribution in [0.5, 0.6) is 23.1 Å². The molecule has 0 amide bonds. The number of nitrogens with zero attached hydrogens (tertiary/aromatic N) is 2. The molecule has 0 saturated carbocycles. The lowest BCUT2D eigenvalue weighted by Crippen LogP contribution is -2.31. The van der Waals surface area contributed by atoms with Gasteiger partial charge < -0.3 is 19.3 Å². The average Bonchev–Trinajstić information content (AvgIpc) is 3.19. The molecule has 4 rings (SSSR count). The molecule has 2 heterocycles. The Balaban J connectivity index is 1.62. The van der Waals surface area contributed by atoms with Gasteiger partial charge in [0.2, 0.25) is 12.7 Å². The molecule has 9 heteroatoms.